The summed E-state index contributed by atoms with van der Waals surface area (Å²) in [5.41, 5.74) is 0.0120. The van der Waals surface area contributed by atoms with E-state index in [2.05, 4.69) is 5.32 Å². The molecule has 0 radical (unpaired) electrons. The maximum Gasteiger partial charge on any atom is 0.161 e. The maximum absolute atomic E-state index is 10.7. The molecular weight excluding hydrogens is 230 g/mol. The van der Waals surface area contributed by atoms with Gasteiger partial charge in [0.2, 0.25) is 0 Å². The lowest BCUT2D eigenvalue weighted by Gasteiger charge is -2.31. The van der Waals surface area contributed by atoms with Gasteiger partial charge in [-0.3, -0.25) is 0 Å². The van der Waals surface area contributed by atoms with Crippen molar-refractivity contribution in [3.05, 3.63) is 23.8 Å². The molecule has 0 aromatic heterocycles. The fourth-order valence-electron chi connectivity index (χ4n) is 2.72. The smallest absolute Gasteiger partial charge is 0.161 e. The minimum Gasteiger partial charge on any atom is -0.486 e. The first kappa shape index (κ1) is 11.8. The standard InChI is InChI=1S/C14H19NO3/c1-14(16,13-3-2-6-15-13)10-4-5-11-12(9-10)18-8-7-17-11/h4-5,9,13,15-16H,2-3,6-8H2,1H3. The molecule has 18 heavy (non-hydrogen) atoms. The lowest BCUT2D eigenvalue weighted by molar-refractivity contribution is 0.0213. The first-order valence-corrected chi connectivity index (χ1v) is 6.54. The highest BCUT2D eigenvalue weighted by Crippen LogP contribution is 2.36. The van der Waals surface area contributed by atoms with E-state index < -0.39 is 5.60 Å². The number of benzene rings is 1. The lowest BCUT2D eigenvalue weighted by Crippen LogP contribution is -2.42. The van der Waals surface area contributed by atoms with E-state index in [1.165, 1.54) is 0 Å². The van der Waals surface area contributed by atoms with Crippen LogP contribution in [0.25, 0.3) is 0 Å². The van der Waals surface area contributed by atoms with Crippen molar-refractivity contribution in [1.82, 2.24) is 5.32 Å². The lowest BCUT2D eigenvalue weighted by atomic mass is 9.87. The molecule has 0 saturated carbocycles. The number of fused-ring (bicyclic) bond motifs is 1. The van der Waals surface area contributed by atoms with E-state index in [1.54, 1.807) is 0 Å². The summed E-state index contributed by atoms with van der Waals surface area (Å²) in [6.07, 6.45) is 2.12. The average molecular weight is 249 g/mol. The highest BCUT2D eigenvalue weighted by Gasteiger charge is 2.36. The summed E-state index contributed by atoms with van der Waals surface area (Å²) in [6, 6.07) is 5.81. The second kappa shape index (κ2) is 4.44. The Morgan fingerprint density at radius 3 is 2.78 bits per heavy atom. The van der Waals surface area contributed by atoms with Crippen molar-refractivity contribution in [2.24, 2.45) is 0 Å². The van der Waals surface area contributed by atoms with Crippen LogP contribution in [0.4, 0.5) is 0 Å². The van der Waals surface area contributed by atoms with Gasteiger partial charge in [-0.25, -0.2) is 0 Å². The predicted octanol–water partition coefficient (Wildman–Crippen LogP) is 1.42. The molecule has 1 aromatic rings. The van der Waals surface area contributed by atoms with Crippen LogP contribution in [-0.2, 0) is 5.60 Å². The minimum atomic E-state index is -0.869. The van der Waals surface area contributed by atoms with E-state index >= 15 is 0 Å². The summed E-state index contributed by atoms with van der Waals surface area (Å²) in [5, 5.41) is 14.1. The van der Waals surface area contributed by atoms with Gasteiger partial charge in [-0.15, -0.1) is 0 Å². The third-order valence-electron chi connectivity index (χ3n) is 3.87. The zero-order valence-corrected chi connectivity index (χ0v) is 10.6. The molecule has 3 rings (SSSR count). The second-order valence-corrected chi connectivity index (χ2v) is 5.15. The van der Waals surface area contributed by atoms with Gasteiger partial charge in [0.1, 0.15) is 18.8 Å². The Labute approximate surface area is 107 Å². The Balaban J connectivity index is 1.91. The second-order valence-electron chi connectivity index (χ2n) is 5.15. The van der Waals surface area contributed by atoms with Crippen molar-refractivity contribution < 1.29 is 14.6 Å². The first-order valence-electron chi connectivity index (χ1n) is 6.54. The van der Waals surface area contributed by atoms with E-state index in [0.717, 1.165) is 36.4 Å². The van der Waals surface area contributed by atoms with Crippen LogP contribution >= 0.6 is 0 Å². The third kappa shape index (κ3) is 1.95. The zero-order chi connectivity index (χ0) is 12.6. The molecule has 2 atom stereocenters. The van der Waals surface area contributed by atoms with Crippen LogP contribution in [-0.4, -0.2) is 30.9 Å². The molecule has 2 aliphatic heterocycles. The van der Waals surface area contributed by atoms with Gasteiger partial charge in [-0.2, -0.15) is 0 Å². The van der Waals surface area contributed by atoms with Crippen molar-refractivity contribution in [3.8, 4) is 11.5 Å². The molecule has 0 aliphatic carbocycles. The summed E-state index contributed by atoms with van der Waals surface area (Å²) >= 11 is 0. The molecule has 1 saturated heterocycles. The van der Waals surface area contributed by atoms with Crippen molar-refractivity contribution >= 4 is 0 Å². The number of ether oxygens (including phenoxy) is 2. The van der Waals surface area contributed by atoms with Gasteiger partial charge in [-0.1, -0.05) is 6.07 Å². The average Bonchev–Trinajstić information content (AvgIpc) is 2.92. The monoisotopic (exact) mass is 249 g/mol. The molecule has 4 nitrogen and oxygen atoms in total. The van der Waals surface area contributed by atoms with Gasteiger partial charge in [0, 0.05) is 6.04 Å². The first-order chi connectivity index (χ1) is 8.68. The highest BCUT2D eigenvalue weighted by molar-refractivity contribution is 5.45. The van der Waals surface area contributed by atoms with Crippen molar-refractivity contribution in [2.45, 2.75) is 31.4 Å². The van der Waals surface area contributed by atoms with Gasteiger partial charge >= 0.3 is 0 Å². The van der Waals surface area contributed by atoms with Crippen LogP contribution in [0.3, 0.4) is 0 Å². The number of nitrogens with one attached hydrogen (secondary N) is 1. The van der Waals surface area contributed by atoms with E-state index in [-0.39, 0.29) is 6.04 Å². The van der Waals surface area contributed by atoms with Gasteiger partial charge < -0.3 is 19.9 Å². The molecule has 1 fully saturated rings. The van der Waals surface area contributed by atoms with E-state index in [0.29, 0.717) is 13.2 Å². The third-order valence-corrected chi connectivity index (χ3v) is 3.87. The van der Waals surface area contributed by atoms with Gasteiger partial charge in [0.25, 0.3) is 0 Å². The molecule has 4 heteroatoms. The largest absolute Gasteiger partial charge is 0.486 e. The minimum absolute atomic E-state index is 0.111. The van der Waals surface area contributed by atoms with E-state index in [9.17, 15) is 5.11 Å². The van der Waals surface area contributed by atoms with Gasteiger partial charge in [0.15, 0.2) is 11.5 Å². The zero-order valence-electron chi connectivity index (χ0n) is 10.6. The van der Waals surface area contributed by atoms with E-state index in [4.69, 9.17) is 9.47 Å². The van der Waals surface area contributed by atoms with Crippen LogP contribution in [0.5, 0.6) is 11.5 Å². The van der Waals surface area contributed by atoms with Crippen molar-refractivity contribution in [1.29, 1.82) is 0 Å². The molecule has 2 N–H and O–H groups in total. The van der Waals surface area contributed by atoms with Crippen LogP contribution in [0, 0.1) is 0 Å². The summed E-state index contributed by atoms with van der Waals surface area (Å²) in [6.45, 7) is 4.00. The quantitative estimate of drug-likeness (QED) is 0.832. The highest BCUT2D eigenvalue weighted by atomic mass is 16.6. The molecule has 2 aliphatic rings. The molecule has 2 unspecified atom stereocenters. The van der Waals surface area contributed by atoms with Crippen LogP contribution in [0.15, 0.2) is 18.2 Å². The van der Waals surface area contributed by atoms with Crippen LogP contribution in [0.2, 0.25) is 0 Å². The molecule has 1 aromatic carbocycles. The number of aliphatic hydroxyl groups is 1. The fourth-order valence-corrected chi connectivity index (χ4v) is 2.72. The number of hydrogen-bond donors (Lipinski definition) is 2. The molecule has 98 valence electrons. The number of rotatable bonds is 2. The van der Waals surface area contributed by atoms with Crippen LogP contribution < -0.4 is 14.8 Å². The molecular formula is C14H19NO3. The summed E-state index contributed by atoms with van der Waals surface area (Å²) < 4.78 is 11.1. The van der Waals surface area contributed by atoms with Gasteiger partial charge in [-0.05, 0) is 44.0 Å². The number of hydrogen-bond acceptors (Lipinski definition) is 4. The Morgan fingerprint density at radius 1 is 1.28 bits per heavy atom. The molecule has 0 bridgehead atoms. The Bertz CT molecular complexity index is 439. The van der Waals surface area contributed by atoms with Crippen molar-refractivity contribution in [3.63, 3.8) is 0 Å². The van der Waals surface area contributed by atoms with E-state index in [1.807, 2.05) is 25.1 Å². The normalized spacial score (nSPS) is 25.8. The molecule has 2 heterocycles. The van der Waals surface area contributed by atoms with Crippen molar-refractivity contribution in [2.75, 3.05) is 19.8 Å². The summed E-state index contributed by atoms with van der Waals surface area (Å²) in [7, 11) is 0. The Hall–Kier alpha value is -1.26. The summed E-state index contributed by atoms with van der Waals surface area (Å²) in [4.78, 5) is 0. The Morgan fingerprint density at radius 2 is 2.06 bits per heavy atom. The molecule has 0 spiro atoms. The summed E-state index contributed by atoms with van der Waals surface area (Å²) in [5.74, 6) is 1.50. The Kier molecular flexibility index (Phi) is 2.92. The predicted molar refractivity (Wildman–Crippen MR) is 68.0 cm³/mol. The fraction of sp³-hybridized carbons (Fsp3) is 0.571. The SMILES string of the molecule is CC(O)(c1ccc2c(c1)OCCO2)C1CCCN1. The maximum atomic E-state index is 10.7. The van der Waals surface area contributed by atoms with Gasteiger partial charge in [0.05, 0.1) is 0 Å². The topological polar surface area (TPSA) is 50.7 Å². The van der Waals surface area contributed by atoms with Crippen LogP contribution in [0.1, 0.15) is 25.3 Å². The molecule has 0 amide bonds.